The van der Waals surface area contributed by atoms with Gasteiger partial charge in [0.2, 0.25) is 0 Å². The maximum atomic E-state index is 12.3. The van der Waals surface area contributed by atoms with Crippen LogP contribution in [0.25, 0.3) is 0 Å². The van der Waals surface area contributed by atoms with Crippen LogP contribution in [-0.2, 0) is 9.59 Å². The van der Waals surface area contributed by atoms with Gasteiger partial charge in [0, 0.05) is 13.1 Å². The standard InChI is InChI=1S/C17H25NO5/c1-12(2)10-18(8-7-17(20)21)16(19)11-23-14-5-6-15(22-4)13(3)9-14/h5-6,9,12H,7-8,10-11H2,1-4H3,(H,20,21). The summed E-state index contributed by atoms with van der Waals surface area (Å²) in [5.74, 6) is 0.466. The Hall–Kier alpha value is -2.24. The number of ether oxygens (including phenoxy) is 2. The molecule has 1 N–H and O–H groups in total. The Kier molecular flexibility index (Phi) is 7.38. The molecule has 128 valence electrons. The van der Waals surface area contributed by atoms with E-state index < -0.39 is 5.97 Å². The minimum atomic E-state index is -0.918. The number of hydrogen-bond acceptors (Lipinski definition) is 4. The summed E-state index contributed by atoms with van der Waals surface area (Å²) >= 11 is 0. The van der Waals surface area contributed by atoms with Crippen molar-refractivity contribution >= 4 is 11.9 Å². The van der Waals surface area contributed by atoms with E-state index in [-0.39, 0.29) is 31.4 Å². The van der Waals surface area contributed by atoms with Crippen LogP contribution in [0.4, 0.5) is 0 Å². The highest BCUT2D eigenvalue weighted by Crippen LogP contribution is 2.22. The summed E-state index contributed by atoms with van der Waals surface area (Å²) in [6, 6.07) is 5.32. The Morgan fingerprint density at radius 3 is 2.52 bits per heavy atom. The van der Waals surface area contributed by atoms with Gasteiger partial charge >= 0.3 is 5.97 Å². The van der Waals surface area contributed by atoms with Gasteiger partial charge in [-0.15, -0.1) is 0 Å². The predicted octanol–water partition coefficient (Wildman–Crippen LogP) is 2.34. The predicted molar refractivity (Wildman–Crippen MR) is 86.9 cm³/mol. The molecule has 0 bridgehead atoms. The van der Waals surface area contributed by atoms with E-state index in [1.54, 1.807) is 25.3 Å². The summed E-state index contributed by atoms with van der Waals surface area (Å²) in [4.78, 5) is 24.5. The molecule has 23 heavy (non-hydrogen) atoms. The molecule has 0 unspecified atom stereocenters. The second-order valence-electron chi connectivity index (χ2n) is 5.80. The summed E-state index contributed by atoms with van der Waals surface area (Å²) in [5.41, 5.74) is 0.919. The number of aryl methyl sites for hydroxylation is 1. The Bertz CT molecular complexity index is 542. The molecule has 0 aliphatic heterocycles. The van der Waals surface area contributed by atoms with E-state index in [1.165, 1.54) is 4.90 Å². The van der Waals surface area contributed by atoms with Crippen molar-refractivity contribution in [3.05, 3.63) is 23.8 Å². The molecular formula is C17H25NO5. The molecule has 6 heteroatoms. The zero-order chi connectivity index (χ0) is 17.4. The number of hydrogen-bond donors (Lipinski definition) is 1. The average molecular weight is 323 g/mol. The largest absolute Gasteiger partial charge is 0.496 e. The normalized spacial score (nSPS) is 10.5. The van der Waals surface area contributed by atoms with Crippen molar-refractivity contribution in [2.45, 2.75) is 27.2 Å². The van der Waals surface area contributed by atoms with E-state index in [2.05, 4.69) is 0 Å². The fourth-order valence-corrected chi connectivity index (χ4v) is 2.17. The van der Waals surface area contributed by atoms with Gasteiger partial charge in [-0.1, -0.05) is 13.8 Å². The summed E-state index contributed by atoms with van der Waals surface area (Å²) in [6.45, 7) is 6.45. The van der Waals surface area contributed by atoms with Crippen LogP contribution in [0.3, 0.4) is 0 Å². The summed E-state index contributed by atoms with van der Waals surface area (Å²) in [5, 5.41) is 8.79. The number of benzene rings is 1. The lowest BCUT2D eigenvalue weighted by Gasteiger charge is -2.24. The third kappa shape index (κ3) is 6.59. The van der Waals surface area contributed by atoms with Gasteiger partial charge in [-0.2, -0.15) is 0 Å². The Balaban J connectivity index is 2.63. The van der Waals surface area contributed by atoms with Crippen molar-refractivity contribution in [2.75, 3.05) is 26.8 Å². The van der Waals surface area contributed by atoms with Crippen molar-refractivity contribution in [3.8, 4) is 11.5 Å². The van der Waals surface area contributed by atoms with Crippen molar-refractivity contribution < 1.29 is 24.2 Å². The number of carbonyl (C=O) groups excluding carboxylic acids is 1. The van der Waals surface area contributed by atoms with E-state index in [0.29, 0.717) is 12.3 Å². The number of carboxylic acid groups (broad SMARTS) is 1. The molecule has 6 nitrogen and oxygen atoms in total. The zero-order valence-corrected chi connectivity index (χ0v) is 14.2. The first kappa shape index (κ1) is 18.8. The van der Waals surface area contributed by atoms with Crippen molar-refractivity contribution in [1.29, 1.82) is 0 Å². The number of carboxylic acids is 1. The maximum Gasteiger partial charge on any atom is 0.305 e. The quantitative estimate of drug-likeness (QED) is 0.755. The molecule has 0 aromatic heterocycles. The smallest absolute Gasteiger partial charge is 0.305 e. The fourth-order valence-electron chi connectivity index (χ4n) is 2.17. The molecule has 0 saturated heterocycles. The highest BCUT2D eigenvalue weighted by molar-refractivity contribution is 5.78. The third-order valence-corrected chi connectivity index (χ3v) is 3.26. The molecule has 0 atom stereocenters. The van der Waals surface area contributed by atoms with E-state index in [4.69, 9.17) is 14.6 Å². The van der Waals surface area contributed by atoms with Crippen LogP contribution < -0.4 is 9.47 Å². The Labute approximate surface area is 137 Å². The van der Waals surface area contributed by atoms with Gasteiger partial charge in [-0.25, -0.2) is 0 Å². The topological polar surface area (TPSA) is 76.1 Å². The van der Waals surface area contributed by atoms with E-state index in [9.17, 15) is 9.59 Å². The first-order valence-corrected chi connectivity index (χ1v) is 7.60. The first-order chi connectivity index (χ1) is 10.8. The number of amides is 1. The van der Waals surface area contributed by atoms with Crippen LogP contribution in [0.15, 0.2) is 18.2 Å². The summed E-state index contributed by atoms with van der Waals surface area (Å²) in [6.07, 6.45) is -0.0693. The SMILES string of the molecule is COc1ccc(OCC(=O)N(CCC(=O)O)CC(C)C)cc1C. The van der Waals surface area contributed by atoms with Gasteiger partial charge in [-0.05, 0) is 36.6 Å². The van der Waals surface area contributed by atoms with Crippen molar-refractivity contribution in [1.82, 2.24) is 4.90 Å². The molecule has 0 spiro atoms. The Morgan fingerprint density at radius 2 is 2.00 bits per heavy atom. The van der Waals surface area contributed by atoms with Crippen LogP contribution in [0.1, 0.15) is 25.8 Å². The van der Waals surface area contributed by atoms with Crippen LogP contribution in [0.5, 0.6) is 11.5 Å². The number of methoxy groups -OCH3 is 1. The van der Waals surface area contributed by atoms with Gasteiger partial charge < -0.3 is 19.5 Å². The van der Waals surface area contributed by atoms with Gasteiger partial charge in [0.15, 0.2) is 6.61 Å². The average Bonchev–Trinajstić information content (AvgIpc) is 2.48. The lowest BCUT2D eigenvalue weighted by molar-refractivity contribution is -0.139. The van der Waals surface area contributed by atoms with Crippen molar-refractivity contribution in [3.63, 3.8) is 0 Å². The number of nitrogens with zero attached hydrogens (tertiary/aromatic N) is 1. The minimum absolute atomic E-state index is 0.0693. The molecule has 1 aromatic rings. The lowest BCUT2D eigenvalue weighted by Crippen LogP contribution is -2.38. The second kappa shape index (κ2) is 9.02. The monoisotopic (exact) mass is 323 g/mol. The number of carbonyl (C=O) groups is 2. The highest BCUT2D eigenvalue weighted by Gasteiger charge is 2.17. The van der Waals surface area contributed by atoms with Crippen LogP contribution in [0.2, 0.25) is 0 Å². The number of aliphatic carboxylic acids is 1. The summed E-state index contributed by atoms with van der Waals surface area (Å²) < 4.78 is 10.7. The molecule has 1 aromatic carbocycles. The van der Waals surface area contributed by atoms with E-state index in [0.717, 1.165) is 11.3 Å². The maximum absolute atomic E-state index is 12.3. The van der Waals surface area contributed by atoms with Crippen molar-refractivity contribution in [2.24, 2.45) is 5.92 Å². The van der Waals surface area contributed by atoms with Crippen LogP contribution in [0, 0.1) is 12.8 Å². The fraction of sp³-hybridized carbons (Fsp3) is 0.529. The summed E-state index contributed by atoms with van der Waals surface area (Å²) in [7, 11) is 1.60. The number of rotatable bonds is 9. The molecule has 0 fully saturated rings. The van der Waals surface area contributed by atoms with Gasteiger partial charge in [0.1, 0.15) is 11.5 Å². The zero-order valence-electron chi connectivity index (χ0n) is 14.2. The first-order valence-electron chi connectivity index (χ1n) is 7.60. The van der Waals surface area contributed by atoms with Crippen LogP contribution >= 0.6 is 0 Å². The lowest BCUT2D eigenvalue weighted by atomic mass is 10.2. The van der Waals surface area contributed by atoms with Crippen LogP contribution in [-0.4, -0.2) is 48.7 Å². The highest BCUT2D eigenvalue weighted by atomic mass is 16.5. The minimum Gasteiger partial charge on any atom is -0.496 e. The molecule has 0 heterocycles. The molecule has 0 aliphatic carbocycles. The van der Waals surface area contributed by atoms with E-state index >= 15 is 0 Å². The van der Waals surface area contributed by atoms with E-state index in [1.807, 2.05) is 20.8 Å². The molecule has 0 aliphatic rings. The molecule has 1 amide bonds. The van der Waals surface area contributed by atoms with Gasteiger partial charge in [-0.3, -0.25) is 9.59 Å². The molecule has 0 saturated carbocycles. The van der Waals surface area contributed by atoms with Gasteiger partial charge in [0.25, 0.3) is 5.91 Å². The van der Waals surface area contributed by atoms with Gasteiger partial charge in [0.05, 0.1) is 13.5 Å². The second-order valence-corrected chi connectivity index (χ2v) is 5.80. The Morgan fingerprint density at radius 1 is 1.30 bits per heavy atom. The molecule has 1 rings (SSSR count). The molecular weight excluding hydrogens is 298 g/mol. The third-order valence-electron chi connectivity index (χ3n) is 3.26. The molecule has 0 radical (unpaired) electrons.